The monoisotopic (exact) mass is 456 g/mol. The number of aliphatic hydroxyl groups excluding tert-OH is 2. The molecule has 1 fully saturated rings. The molecular formula is C22H28N6O5. The number of hydroxylamine groups is 1. The smallest absolute Gasteiger partial charge is 0.167 e. The van der Waals surface area contributed by atoms with Gasteiger partial charge < -0.3 is 25.4 Å². The van der Waals surface area contributed by atoms with Gasteiger partial charge in [-0.3, -0.25) is 9.40 Å². The van der Waals surface area contributed by atoms with E-state index < -0.39 is 24.5 Å². The molecule has 6 atom stereocenters. The summed E-state index contributed by atoms with van der Waals surface area (Å²) >= 11 is 0. The van der Waals surface area contributed by atoms with Crippen molar-refractivity contribution in [1.29, 1.82) is 0 Å². The lowest BCUT2D eigenvalue weighted by molar-refractivity contribution is -0.100. The first kappa shape index (κ1) is 22.0. The van der Waals surface area contributed by atoms with Crippen molar-refractivity contribution in [2.45, 2.75) is 63.9 Å². The van der Waals surface area contributed by atoms with Crippen LogP contribution in [0.15, 0.2) is 24.8 Å². The quantitative estimate of drug-likeness (QED) is 0.401. The lowest BCUT2D eigenvalue weighted by Gasteiger charge is -2.33. The van der Waals surface area contributed by atoms with Gasteiger partial charge in [0.2, 0.25) is 0 Å². The van der Waals surface area contributed by atoms with Crippen LogP contribution >= 0.6 is 0 Å². The summed E-state index contributed by atoms with van der Waals surface area (Å²) in [5, 5.41) is 21.1. The molecule has 0 aliphatic carbocycles. The molecule has 3 aromatic rings. The molecule has 33 heavy (non-hydrogen) atoms. The topological polar surface area (TPSA) is 150 Å². The van der Waals surface area contributed by atoms with E-state index in [1.165, 1.54) is 22.8 Å². The number of nitrogens with two attached hydrogens (primary N) is 1. The van der Waals surface area contributed by atoms with Gasteiger partial charge in [0.1, 0.15) is 42.0 Å². The van der Waals surface area contributed by atoms with Gasteiger partial charge in [-0.2, -0.15) is 5.48 Å². The van der Waals surface area contributed by atoms with Crippen LogP contribution in [0.25, 0.3) is 11.2 Å². The third-order valence-corrected chi connectivity index (χ3v) is 6.55. The average molecular weight is 457 g/mol. The molecule has 11 heteroatoms. The Bertz CT molecular complexity index is 1170. The minimum atomic E-state index is -1.19. The molecule has 2 aromatic heterocycles. The highest BCUT2D eigenvalue weighted by molar-refractivity contribution is 5.81. The van der Waals surface area contributed by atoms with Crippen LogP contribution in [-0.4, -0.2) is 66.8 Å². The Hall–Kier alpha value is -2.83. The fraction of sp³-hybridized carbons (Fsp3) is 0.500. The molecule has 0 saturated carbocycles. The highest BCUT2D eigenvalue weighted by Crippen LogP contribution is 2.34. The van der Waals surface area contributed by atoms with Crippen molar-refractivity contribution in [3.63, 3.8) is 0 Å². The molecule has 5 N–H and O–H groups in total. The summed E-state index contributed by atoms with van der Waals surface area (Å²) in [6.07, 6.45) is -0.574. The number of hydrogen-bond donors (Lipinski definition) is 4. The zero-order chi connectivity index (χ0) is 23.3. The predicted molar refractivity (Wildman–Crippen MR) is 118 cm³/mol. The van der Waals surface area contributed by atoms with Crippen molar-refractivity contribution in [3.05, 3.63) is 41.5 Å². The molecule has 2 unspecified atom stereocenters. The highest BCUT2D eigenvalue weighted by atomic mass is 16.7. The fourth-order valence-electron chi connectivity index (χ4n) is 4.37. The normalized spacial score (nSPS) is 29.2. The Morgan fingerprint density at radius 3 is 2.85 bits per heavy atom. The van der Waals surface area contributed by atoms with Gasteiger partial charge in [0.25, 0.3) is 0 Å². The number of benzene rings is 1. The second-order valence-electron chi connectivity index (χ2n) is 8.69. The second kappa shape index (κ2) is 8.50. The first-order valence-corrected chi connectivity index (χ1v) is 10.9. The van der Waals surface area contributed by atoms with Gasteiger partial charge in [-0.05, 0) is 43.9 Å². The number of hydrogen-bond acceptors (Lipinski definition) is 10. The van der Waals surface area contributed by atoms with E-state index in [0.29, 0.717) is 11.2 Å². The van der Waals surface area contributed by atoms with Gasteiger partial charge in [-0.15, -0.1) is 0 Å². The van der Waals surface area contributed by atoms with Crippen LogP contribution in [0.5, 0.6) is 5.75 Å². The molecule has 176 valence electrons. The number of aryl methyl sites for hydroxylation is 1. The summed E-state index contributed by atoms with van der Waals surface area (Å²) in [6, 6.07) is 4.10. The Labute approximate surface area is 190 Å². The highest BCUT2D eigenvalue weighted by Gasteiger charge is 2.44. The largest absolute Gasteiger partial charge is 0.488 e. The molecule has 5 rings (SSSR count). The van der Waals surface area contributed by atoms with E-state index in [4.69, 9.17) is 20.0 Å². The maximum atomic E-state index is 10.6. The van der Waals surface area contributed by atoms with Crippen LogP contribution in [0.4, 0.5) is 5.82 Å². The maximum absolute atomic E-state index is 10.6. The average Bonchev–Trinajstić information content (AvgIpc) is 3.34. The summed E-state index contributed by atoms with van der Waals surface area (Å²) in [5.41, 5.74) is 13.2. The molecule has 1 aromatic carbocycles. The first-order chi connectivity index (χ1) is 15.8. The van der Waals surface area contributed by atoms with E-state index in [-0.39, 0.29) is 24.6 Å². The van der Waals surface area contributed by atoms with Crippen molar-refractivity contribution in [3.8, 4) is 5.75 Å². The molecule has 2 aliphatic rings. The van der Waals surface area contributed by atoms with Crippen LogP contribution < -0.4 is 16.0 Å². The standard InChI is InChI=1S/C22H28N6O5/c1-10-4-5-13-6-14(12(3)32-19(13)11(10)2)27-31-7-15-17(29)18(30)22(33-15)28-9-26-16-20(23)24-8-25-21(16)28/h4-5,8-9,12,14-15,17-18,22,27,29-30H,6-7H2,1-3H3,(H2,23,24,25)/t12?,14?,15-,17-,18-,22-/m1/s1. The Morgan fingerprint density at radius 2 is 2.03 bits per heavy atom. The number of fused-ring (bicyclic) bond motifs is 2. The molecule has 0 spiro atoms. The summed E-state index contributed by atoms with van der Waals surface area (Å²) in [4.78, 5) is 18.0. The van der Waals surface area contributed by atoms with Gasteiger partial charge in [0.15, 0.2) is 17.7 Å². The number of rotatable bonds is 5. The molecule has 2 aliphatic heterocycles. The van der Waals surface area contributed by atoms with E-state index >= 15 is 0 Å². The zero-order valence-electron chi connectivity index (χ0n) is 18.7. The van der Waals surface area contributed by atoms with E-state index in [1.54, 1.807) is 0 Å². The fourth-order valence-corrected chi connectivity index (χ4v) is 4.37. The summed E-state index contributed by atoms with van der Waals surface area (Å²) in [5.74, 6) is 1.17. The predicted octanol–water partition coefficient (Wildman–Crippen LogP) is 0.558. The Kier molecular flexibility index (Phi) is 5.67. The minimum Gasteiger partial charge on any atom is -0.488 e. The number of anilines is 1. The molecule has 11 nitrogen and oxygen atoms in total. The summed E-state index contributed by atoms with van der Waals surface area (Å²) < 4.78 is 13.6. The molecule has 1 saturated heterocycles. The van der Waals surface area contributed by atoms with Crippen molar-refractivity contribution >= 4 is 17.0 Å². The SMILES string of the molecule is Cc1ccc2c(c1C)OC(C)C(NOC[C@H]1O[C@@H](n3cnc4c(N)ncnc43)[C@H](O)[C@@H]1O)C2. The van der Waals surface area contributed by atoms with Crippen LogP contribution in [-0.2, 0) is 16.0 Å². The molecule has 4 heterocycles. The van der Waals surface area contributed by atoms with Crippen LogP contribution in [0.1, 0.15) is 29.8 Å². The number of nitrogen functional groups attached to an aromatic ring is 1. The van der Waals surface area contributed by atoms with Gasteiger partial charge in [0.05, 0.1) is 19.0 Å². The molecular weight excluding hydrogens is 428 g/mol. The lowest BCUT2D eigenvalue weighted by atomic mass is 9.94. The van der Waals surface area contributed by atoms with Crippen molar-refractivity contribution in [1.82, 2.24) is 25.0 Å². The van der Waals surface area contributed by atoms with Crippen molar-refractivity contribution in [2.75, 3.05) is 12.3 Å². The third kappa shape index (κ3) is 3.81. The van der Waals surface area contributed by atoms with Gasteiger partial charge >= 0.3 is 0 Å². The number of ether oxygens (including phenoxy) is 2. The van der Waals surface area contributed by atoms with Crippen molar-refractivity contribution < 1.29 is 24.5 Å². The number of nitrogens with one attached hydrogen (secondary N) is 1. The summed E-state index contributed by atoms with van der Waals surface area (Å²) in [6.45, 7) is 6.15. The zero-order valence-corrected chi connectivity index (χ0v) is 18.7. The second-order valence-corrected chi connectivity index (χ2v) is 8.69. The number of imidazole rings is 1. The van der Waals surface area contributed by atoms with Gasteiger partial charge in [-0.1, -0.05) is 12.1 Å². The molecule has 0 amide bonds. The first-order valence-electron chi connectivity index (χ1n) is 10.9. The van der Waals surface area contributed by atoms with Crippen LogP contribution in [0.2, 0.25) is 0 Å². The number of aliphatic hydroxyl groups is 2. The van der Waals surface area contributed by atoms with Gasteiger partial charge in [-0.25, -0.2) is 15.0 Å². The van der Waals surface area contributed by atoms with E-state index in [1.807, 2.05) is 6.92 Å². The van der Waals surface area contributed by atoms with Crippen LogP contribution in [0, 0.1) is 13.8 Å². The Morgan fingerprint density at radius 1 is 1.21 bits per heavy atom. The van der Waals surface area contributed by atoms with Gasteiger partial charge in [0, 0.05) is 0 Å². The van der Waals surface area contributed by atoms with Crippen molar-refractivity contribution in [2.24, 2.45) is 0 Å². The number of nitrogens with zero attached hydrogens (tertiary/aromatic N) is 4. The minimum absolute atomic E-state index is 0.0292. The van der Waals surface area contributed by atoms with E-state index in [9.17, 15) is 10.2 Å². The maximum Gasteiger partial charge on any atom is 0.167 e. The van der Waals surface area contributed by atoms with E-state index in [0.717, 1.165) is 23.3 Å². The third-order valence-electron chi connectivity index (χ3n) is 6.55. The molecule has 0 radical (unpaired) electrons. The summed E-state index contributed by atoms with van der Waals surface area (Å²) in [7, 11) is 0. The van der Waals surface area contributed by atoms with E-state index in [2.05, 4.69) is 46.4 Å². The lowest BCUT2D eigenvalue weighted by Crippen LogP contribution is -2.47. The number of aromatic nitrogens is 4. The molecule has 0 bridgehead atoms. The Balaban J connectivity index is 1.22. The van der Waals surface area contributed by atoms with Crippen LogP contribution in [0.3, 0.4) is 0 Å².